The van der Waals surface area contributed by atoms with Gasteiger partial charge in [0.1, 0.15) is 6.29 Å². The molecule has 0 aromatic rings. The lowest BCUT2D eigenvalue weighted by Crippen LogP contribution is -2.24. The standard InChI is InChI=1S/C10H20OSi.C9H14O.C7H10/c1-10(2)7-6-9(8-10)11-12(3,4)5;1-7-4-9(2,3)5-8(7)6-10;1-6-3-4-7(2)5-6/h8H,6-7H2,1-5H3;6H,4-5H2,1-3H3;5H,1,3-4H2,2H3. The highest BCUT2D eigenvalue weighted by Gasteiger charge is 2.28. The van der Waals surface area contributed by atoms with E-state index in [9.17, 15) is 4.79 Å². The molecule has 0 aromatic heterocycles. The van der Waals surface area contributed by atoms with Crippen molar-refractivity contribution in [1.82, 2.24) is 0 Å². The van der Waals surface area contributed by atoms with Crippen LogP contribution in [0.25, 0.3) is 0 Å². The summed E-state index contributed by atoms with van der Waals surface area (Å²) >= 11 is 0. The van der Waals surface area contributed by atoms with Crippen LogP contribution in [0.4, 0.5) is 0 Å². The number of rotatable bonds is 3. The van der Waals surface area contributed by atoms with Gasteiger partial charge in [0.25, 0.3) is 0 Å². The lowest BCUT2D eigenvalue weighted by molar-refractivity contribution is -0.105. The Balaban J connectivity index is 0.000000225. The van der Waals surface area contributed by atoms with Gasteiger partial charge in [-0.25, -0.2) is 0 Å². The van der Waals surface area contributed by atoms with E-state index in [1.807, 2.05) is 0 Å². The summed E-state index contributed by atoms with van der Waals surface area (Å²) in [4.78, 5) is 10.4. The topological polar surface area (TPSA) is 26.3 Å². The molecule has 0 unspecified atom stereocenters. The van der Waals surface area contributed by atoms with Crippen LogP contribution in [0.5, 0.6) is 0 Å². The molecular formula is C26H44O2Si. The maximum atomic E-state index is 10.4. The molecule has 3 rings (SSSR count). The molecule has 3 aliphatic rings. The van der Waals surface area contributed by atoms with E-state index in [1.165, 1.54) is 41.7 Å². The van der Waals surface area contributed by atoms with E-state index >= 15 is 0 Å². The minimum absolute atomic E-state index is 0.334. The van der Waals surface area contributed by atoms with Crippen molar-refractivity contribution >= 4 is 14.6 Å². The van der Waals surface area contributed by atoms with Crippen molar-refractivity contribution in [3.8, 4) is 0 Å². The third-order valence-corrected chi connectivity index (χ3v) is 6.27. The average Bonchev–Trinajstić information content (AvgIpc) is 3.15. The Morgan fingerprint density at radius 1 is 1.03 bits per heavy atom. The highest BCUT2D eigenvalue weighted by Crippen LogP contribution is 2.40. The number of hydrogen-bond donors (Lipinski definition) is 0. The maximum Gasteiger partial charge on any atom is 0.241 e. The van der Waals surface area contributed by atoms with E-state index < -0.39 is 8.32 Å². The average molecular weight is 417 g/mol. The number of hydrogen-bond acceptors (Lipinski definition) is 2. The SMILES string of the molecule is C=C1C=C(C)CC1.CC1(C)C=C(O[Si](C)(C)C)CC1.CC1=C(C=O)CC(C)(C)C1. The lowest BCUT2D eigenvalue weighted by Gasteiger charge is -2.19. The fourth-order valence-electron chi connectivity index (χ4n) is 4.05. The van der Waals surface area contributed by atoms with Gasteiger partial charge in [-0.3, -0.25) is 4.79 Å². The molecule has 0 saturated heterocycles. The van der Waals surface area contributed by atoms with E-state index in [0.717, 1.165) is 31.1 Å². The Kier molecular flexibility index (Phi) is 8.95. The summed E-state index contributed by atoms with van der Waals surface area (Å²) in [7, 11) is -1.35. The summed E-state index contributed by atoms with van der Waals surface area (Å²) in [5, 5.41) is 0. The Labute approximate surface area is 181 Å². The van der Waals surface area contributed by atoms with E-state index in [0.29, 0.717) is 10.8 Å². The Hall–Kier alpha value is -1.35. The first-order valence-electron chi connectivity index (χ1n) is 11.0. The largest absolute Gasteiger partial charge is 0.548 e. The number of carbonyl (C=O) groups is 1. The quantitative estimate of drug-likeness (QED) is 0.343. The Morgan fingerprint density at radius 2 is 1.66 bits per heavy atom. The van der Waals surface area contributed by atoms with Crippen molar-refractivity contribution in [2.45, 2.75) is 99.7 Å². The molecule has 0 bridgehead atoms. The molecule has 0 atom stereocenters. The van der Waals surface area contributed by atoms with Gasteiger partial charge in [0, 0.05) is 6.42 Å². The molecule has 0 aromatic carbocycles. The second-order valence-electron chi connectivity index (χ2n) is 11.4. The molecule has 0 amide bonds. The molecular weight excluding hydrogens is 372 g/mol. The summed E-state index contributed by atoms with van der Waals surface area (Å²) in [6.07, 6.45) is 12.3. The second-order valence-corrected chi connectivity index (χ2v) is 15.8. The van der Waals surface area contributed by atoms with Gasteiger partial charge in [0.05, 0.1) is 5.76 Å². The summed E-state index contributed by atoms with van der Waals surface area (Å²) in [5.74, 6) is 1.24. The van der Waals surface area contributed by atoms with Gasteiger partial charge < -0.3 is 4.43 Å². The zero-order chi connectivity index (χ0) is 22.5. The van der Waals surface area contributed by atoms with Crippen LogP contribution in [-0.2, 0) is 9.22 Å². The van der Waals surface area contributed by atoms with Crippen molar-refractivity contribution in [3.05, 3.63) is 46.8 Å². The highest BCUT2D eigenvalue weighted by atomic mass is 28.4. The molecule has 0 aliphatic heterocycles. The Morgan fingerprint density at radius 3 is 1.90 bits per heavy atom. The normalized spacial score (nSPS) is 22.2. The summed E-state index contributed by atoms with van der Waals surface area (Å²) in [5.41, 5.74) is 5.77. The monoisotopic (exact) mass is 416 g/mol. The zero-order valence-electron chi connectivity index (χ0n) is 20.5. The molecule has 0 heterocycles. The van der Waals surface area contributed by atoms with Crippen LogP contribution in [0, 0.1) is 10.8 Å². The number of aldehydes is 1. The first kappa shape index (κ1) is 25.7. The van der Waals surface area contributed by atoms with Crippen molar-refractivity contribution in [2.75, 3.05) is 0 Å². The van der Waals surface area contributed by atoms with E-state index in [4.69, 9.17) is 4.43 Å². The predicted octanol–water partition coefficient (Wildman–Crippen LogP) is 8.15. The zero-order valence-corrected chi connectivity index (χ0v) is 21.5. The van der Waals surface area contributed by atoms with Crippen LogP contribution in [0.3, 0.4) is 0 Å². The van der Waals surface area contributed by atoms with Gasteiger partial charge in [-0.2, -0.15) is 0 Å². The second kappa shape index (κ2) is 10.1. The molecule has 0 saturated carbocycles. The van der Waals surface area contributed by atoms with Crippen molar-refractivity contribution in [2.24, 2.45) is 10.8 Å². The van der Waals surface area contributed by atoms with Gasteiger partial charge >= 0.3 is 0 Å². The van der Waals surface area contributed by atoms with Crippen LogP contribution in [0.1, 0.15) is 80.1 Å². The minimum Gasteiger partial charge on any atom is -0.548 e. The number of carbonyl (C=O) groups excluding carboxylic acids is 1. The fourth-order valence-corrected chi connectivity index (χ4v) is 5.00. The molecule has 3 aliphatic carbocycles. The van der Waals surface area contributed by atoms with Gasteiger partial charge in [-0.1, -0.05) is 57.1 Å². The molecule has 164 valence electrons. The fraction of sp³-hybridized carbons (Fsp3) is 0.654. The third kappa shape index (κ3) is 10.3. The van der Waals surface area contributed by atoms with Crippen LogP contribution >= 0.6 is 0 Å². The molecule has 0 radical (unpaired) electrons. The molecule has 0 fully saturated rings. The lowest BCUT2D eigenvalue weighted by atomic mass is 9.89. The van der Waals surface area contributed by atoms with E-state index in [2.05, 4.69) is 79.9 Å². The van der Waals surface area contributed by atoms with Crippen LogP contribution < -0.4 is 0 Å². The molecule has 2 nitrogen and oxygen atoms in total. The van der Waals surface area contributed by atoms with Crippen LogP contribution in [0.15, 0.2) is 46.8 Å². The van der Waals surface area contributed by atoms with Crippen molar-refractivity contribution in [1.29, 1.82) is 0 Å². The van der Waals surface area contributed by atoms with Crippen molar-refractivity contribution < 1.29 is 9.22 Å². The van der Waals surface area contributed by atoms with E-state index in [1.54, 1.807) is 0 Å². The number of allylic oxidation sites excluding steroid dienone is 7. The summed E-state index contributed by atoms with van der Waals surface area (Å²) < 4.78 is 5.93. The smallest absolute Gasteiger partial charge is 0.241 e. The van der Waals surface area contributed by atoms with E-state index in [-0.39, 0.29) is 0 Å². The van der Waals surface area contributed by atoms with Crippen LogP contribution in [0.2, 0.25) is 19.6 Å². The van der Waals surface area contributed by atoms with Gasteiger partial charge in [0.15, 0.2) is 0 Å². The first-order valence-corrected chi connectivity index (χ1v) is 14.4. The Bertz CT molecular complexity index is 697. The molecule has 0 N–H and O–H groups in total. The third-order valence-electron chi connectivity index (χ3n) is 5.40. The first-order chi connectivity index (χ1) is 13.1. The highest BCUT2D eigenvalue weighted by molar-refractivity contribution is 6.70. The minimum atomic E-state index is -1.35. The summed E-state index contributed by atoms with van der Waals surface area (Å²) in [6.45, 7) is 23.7. The molecule has 29 heavy (non-hydrogen) atoms. The predicted molar refractivity (Wildman–Crippen MR) is 129 cm³/mol. The maximum absolute atomic E-state index is 10.4. The van der Waals surface area contributed by atoms with Gasteiger partial charge in [0.2, 0.25) is 8.32 Å². The molecule has 0 spiro atoms. The van der Waals surface area contributed by atoms with Crippen molar-refractivity contribution in [3.63, 3.8) is 0 Å². The molecule has 3 heteroatoms. The van der Waals surface area contributed by atoms with Crippen LogP contribution in [-0.4, -0.2) is 14.6 Å². The summed E-state index contributed by atoms with van der Waals surface area (Å²) in [6, 6.07) is 0. The van der Waals surface area contributed by atoms with Gasteiger partial charge in [-0.15, -0.1) is 0 Å². The van der Waals surface area contributed by atoms with Gasteiger partial charge in [-0.05, 0) is 88.1 Å².